The maximum atomic E-state index is 8.89. The smallest absolute Gasteiger partial charge is 0.423 e. The largest absolute Gasteiger partial charge is 0.492 e. The van der Waals surface area contributed by atoms with E-state index in [9.17, 15) is 0 Å². The van der Waals surface area contributed by atoms with Crippen molar-refractivity contribution in [2.75, 3.05) is 0 Å². The summed E-state index contributed by atoms with van der Waals surface area (Å²) < 4.78 is 1.53. The SMILES string of the molecule is OB(O)c1cnn2ccncc12. The van der Waals surface area contributed by atoms with Crippen LogP contribution in [-0.2, 0) is 0 Å². The van der Waals surface area contributed by atoms with E-state index in [1.54, 1.807) is 12.4 Å². The molecule has 0 spiro atoms. The minimum absolute atomic E-state index is 0.364. The third kappa shape index (κ3) is 0.974. The number of hydrogen-bond donors (Lipinski definition) is 2. The Hall–Kier alpha value is -1.40. The van der Waals surface area contributed by atoms with E-state index in [-0.39, 0.29) is 0 Å². The third-order valence-electron chi connectivity index (χ3n) is 1.63. The molecule has 2 aromatic heterocycles. The summed E-state index contributed by atoms with van der Waals surface area (Å²) in [7, 11) is -1.49. The summed E-state index contributed by atoms with van der Waals surface area (Å²) in [5.74, 6) is 0. The van der Waals surface area contributed by atoms with Crippen LogP contribution in [0.15, 0.2) is 24.8 Å². The molecular formula is C6H6BN3O2. The Bertz CT molecular complexity index is 400. The van der Waals surface area contributed by atoms with Crippen molar-refractivity contribution in [2.24, 2.45) is 0 Å². The number of rotatable bonds is 1. The maximum absolute atomic E-state index is 8.89. The summed E-state index contributed by atoms with van der Waals surface area (Å²) in [5.41, 5.74) is 0.968. The molecule has 0 fully saturated rings. The molecule has 0 aliphatic heterocycles. The van der Waals surface area contributed by atoms with Crippen molar-refractivity contribution in [3.05, 3.63) is 24.8 Å². The molecule has 2 aromatic rings. The van der Waals surface area contributed by atoms with Crippen molar-refractivity contribution in [1.82, 2.24) is 14.6 Å². The minimum atomic E-state index is -1.49. The molecule has 0 bridgehead atoms. The Morgan fingerprint density at radius 1 is 1.33 bits per heavy atom. The van der Waals surface area contributed by atoms with Gasteiger partial charge in [0.1, 0.15) is 0 Å². The third-order valence-corrected chi connectivity index (χ3v) is 1.63. The van der Waals surface area contributed by atoms with Gasteiger partial charge < -0.3 is 10.0 Å². The van der Waals surface area contributed by atoms with Gasteiger partial charge in [0.2, 0.25) is 0 Å². The van der Waals surface area contributed by atoms with Crippen LogP contribution in [0.1, 0.15) is 0 Å². The van der Waals surface area contributed by atoms with E-state index in [4.69, 9.17) is 10.0 Å². The molecule has 0 radical (unpaired) electrons. The minimum Gasteiger partial charge on any atom is -0.423 e. The summed E-state index contributed by atoms with van der Waals surface area (Å²) in [5, 5.41) is 21.7. The maximum Gasteiger partial charge on any atom is 0.492 e. The summed E-state index contributed by atoms with van der Waals surface area (Å²) in [4.78, 5) is 3.85. The van der Waals surface area contributed by atoms with Crippen LogP contribution in [0.4, 0.5) is 0 Å². The molecule has 0 saturated carbocycles. The summed E-state index contributed by atoms with van der Waals surface area (Å²) in [6.07, 6.45) is 6.15. The van der Waals surface area contributed by atoms with E-state index in [1.807, 2.05) is 0 Å². The van der Waals surface area contributed by atoms with Crippen LogP contribution in [0.5, 0.6) is 0 Å². The lowest BCUT2D eigenvalue weighted by Gasteiger charge is -1.94. The summed E-state index contributed by atoms with van der Waals surface area (Å²) in [6.45, 7) is 0. The van der Waals surface area contributed by atoms with E-state index in [2.05, 4.69) is 10.1 Å². The Labute approximate surface area is 68.4 Å². The molecule has 0 aliphatic rings. The van der Waals surface area contributed by atoms with E-state index < -0.39 is 7.12 Å². The Kier molecular flexibility index (Phi) is 1.56. The van der Waals surface area contributed by atoms with Gasteiger partial charge in [-0.15, -0.1) is 0 Å². The second-order valence-electron chi connectivity index (χ2n) is 2.38. The fourth-order valence-electron chi connectivity index (χ4n) is 1.05. The van der Waals surface area contributed by atoms with Crippen LogP contribution in [-0.4, -0.2) is 31.8 Å². The highest BCUT2D eigenvalue weighted by atomic mass is 16.4. The number of fused-ring (bicyclic) bond motifs is 1. The molecule has 6 heteroatoms. The predicted molar refractivity (Wildman–Crippen MR) is 42.8 cm³/mol. The Morgan fingerprint density at radius 3 is 2.92 bits per heavy atom. The molecule has 2 heterocycles. The van der Waals surface area contributed by atoms with Crippen molar-refractivity contribution < 1.29 is 10.0 Å². The number of aromatic nitrogens is 3. The molecule has 60 valence electrons. The van der Waals surface area contributed by atoms with Gasteiger partial charge >= 0.3 is 7.12 Å². The first kappa shape index (κ1) is 7.26. The van der Waals surface area contributed by atoms with Gasteiger partial charge in [-0.25, -0.2) is 4.52 Å². The van der Waals surface area contributed by atoms with Crippen molar-refractivity contribution >= 4 is 18.1 Å². The van der Waals surface area contributed by atoms with Crippen molar-refractivity contribution in [3.8, 4) is 0 Å². The first-order valence-electron chi connectivity index (χ1n) is 3.42. The highest BCUT2D eigenvalue weighted by Crippen LogP contribution is 1.95. The zero-order valence-corrected chi connectivity index (χ0v) is 6.12. The number of nitrogens with zero attached hydrogens (tertiary/aromatic N) is 3. The lowest BCUT2D eigenvalue weighted by molar-refractivity contribution is 0.426. The number of hydrogen-bond acceptors (Lipinski definition) is 4. The zero-order chi connectivity index (χ0) is 8.55. The van der Waals surface area contributed by atoms with Crippen LogP contribution < -0.4 is 5.46 Å². The Morgan fingerprint density at radius 2 is 2.17 bits per heavy atom. The topological polar surface area (TPSA) is 70.7 Å². The van der Waals surface area contributed by atoms with Crippen LogP contribution >= 0.6 is 0 Å². The molecule has 0 aromatic carbocycles. The lowest BCUT2D eigenvalue weighted by atomic mass is 9.82. The summed E-state index contributed by atoms with van der Waals surface area (Å²) in [6, 6.07) is 0. The average Bonchev–Trinajstić information content (AvgIpc) is 2.47. The predicted octanol–water partition coefficient (Wildman–Crippen LogP) is -1.59. The van der Waals surface area contributed by atoms with Crippen LogP contribution in [0.3, 0.4) is 0 Å². The van der Waals surface area contributed by atoms with Gasteiger partial charge in [0, 0.05) is 24.1 Å². The van der Waals surface area contributed by atoms with Crippen LogP contribution in [0.2, 0.25) is 0 Å². The van der Waals surface area contributed by atoms with Gasteiger partial charge in [0.25, 0.3) is 0 Å². The van der Waals surface area contributed by atoms with Gasteiger partial charge in [-0.3, -0.25) is 4.98 Å². The second-order valence-corrected chi connectivity index (χ2v) is 2.38. The molecule has 0 aliphatic carbocycles. The standard InChI is InChI=1S/C6H6BN3O2/c11-7(12)5-3-9-10-2-1-8-4-6(5)10/h1-4,11-12H. The van der Waals surface area contributed by atoms with Crippen LogP contribution in [0, 0.1) is 0 Å². The average molecular weight is 163 g/mol. The molecule has 2 N–H and O–H groups in total. The fraction of sp³-hybridized carbons (Fsp3) is 0. The zero-order valence-electron chi connectivity index (χ0n) is 6.12. The van der Waals surface area contributed by atoms with E-state index in [1.165, 1.54) is 16.9 Å². The fourth-order valence-corrected chi connectivity index (χ4v) is 1.05. The molecule has 0 unspecified atom stereocenters. The summed E-state index contributed by atoms with van der Waals surface area (Å²) >= 11 is 0. The van der Waals surface area contributed by atoms with E-state index in [0.717, 1.165) is 0 Å². The molecule has 0 atom stereocenters. The van der Waals surface area contributed by atoms with E-state index in [0.29, 0.717) is 11.0 Å². The quantitative estimate of drug-likeness (QED) is 0.497. The van der Waals surface area contributed by atoms with Gasteiger partial charge in [0.15, 0.2) is 0 Å². The molecule has 5 nitrogen and oxygen atoms in total. The van der Waals surface area contributed by atoms with Crippen molar-refractivity contribution in [2.45, 2.75) is 0 Å². The molecule has 12 heavy (non-hydrogen) atoms. The highest BCUT2D eigenvalue weighted by molar-refractivity contribution is 6.61. The first-order valence-corrected chi connectivity index (χ1v) is 3.42. The van der Waals surface area contributed by atoms with Gasteiger partial charge in [-0.05, 0) is 0 Å². The van der Waals surface area contributed by atoms with Crippen molar-refractivity contribution in [3.63, 3.8) is 0 Å². The normalized spacial score (nSPS) is 10.5. The van der Waals surface area contributed by atoms with Gasteiger partial charge in [0.05, 0.1) is 11.7 Å². The molecular weight excluding hydrogens is 157 g/mol. The first-order chi connectivity index (χ1) is 5.79. The Balaban J connectivity index is 2.70. The van der Waals surface area contributed by atoms with E-state index >= 15 is 0 Å². The second kappa shape index (κ2) is 2.58. The van der Waals surface area contributed by atoms with Crippen LogP contribution in [0.25, 0.3) is 5.52 Å². The van der Waals surface area contributed by atoms with Gasteiger partial charge in [-0.2, -0.15) is 5.10 Å². The monoisotopic (exact) mass is 163 g/mol. The highest BCUT2D eigenvalue weighted by Gasteiger charge is 2.16. The molecule has 0 amide bonds. The molecule has 2 rings (SSSR count). The lowest BCUT2D eigenvalue weighted by Crippen LogP contribution is -2.29. The molecule has 0 saturated heterocycles. The van der Waals surface area contributed by atoms with Gasteiger partial charge in [-0.1, -0.05) is 0 Å². The van der Waals surface area contributed by atoms with Crippen molar-refractivity contribution in [1.29, 1.82) is 0 Å².